The molecule has 1 heterocycles. The van der Waals surface area contributed by atoms with Gasteiger partial charge in [0, 0.05) is 26.2 Å². The van der Waals surface area contributed by atoms with Gasteiger partial charge in [0.05, 0.1) is 26.1 Å². The van der Waals surface area contributed by atoms with E-state index in [2.05, 4.69) is 15.4 Å². The first-order valence-electron chi connectivity index (χ1n) is 9.40. The maximum Gasteiger partial charge on any atom is 0.329 e. The Morgan fingerprint density at radius 3 is 2.43 bits per heavy atom. The van der Waals surface area contributed by atoms with E-state index < -0.39 is 11.8 Å². The third-order valence-corrected chi connectivity index (χ3v) is 4.77. The Kier molecular flexibility index (Phi) is 6.74. The Balaban J connectivity index is 1.53. The number of carbonyl (C=O) groups excluding carboxylic acids is 2. The number of hydrazone groups is 1. The van der Waals surface area contributed by atoms with Crippen LogP contribution in [0.2, 0.25) is 0 Å². The molecule has 0 aromatic heterocycles. The summed E-state index contributed by atoms with van der Waals surface area (Å²) < 4.78 is 10.4. The summed E-state index contributed by atoms with van der Waals surface area (Å²) >= 11 is 0. The normalized spacial score (nSPS) is 13.9. The molecular formula is C21H24N4O5. The standard InChI is InChI=1S/C21H24N4O5/c1-29-18-6-4-3-5-16(18)24-9-11-25(12-10-24)21(28)20(27)23-22-14-15-7-8-17(26)19(13-15)30-2/h3-8,13-14,26H,9-12H2,1-2H3,(H,23,27)/b22-14+. The van der Waals surface area contributed by atoms with Crippen LogP contribution in [0.4, 0.5) is 5.69 Å². The molecule has 2 aromatic rings. The van der Waals surface area contributed by atoms with Crippen LogP contribution in [0.1, 0.15) is 5.56 Å². The summed E-state index contributed by atoms with van der Waals surface area (Å²) in [5.41, 5.74) is 3.81. The van der Waals surface area contributed by atoms with Crippen molar-refractivity contribution in [3.8, 4) is 17.2 Å². The fourth-order valence-corrected chi connectivity index (χ4v) is 3.17. The number of phenolic OH excluding ortho intramolecular Hbond substituents is 1. The van der Waals surface area contributed by atoms with E-state index in [9.17, 15) is 14.7 Å². The van der Waals surface area contributed by atoms with Crippen LogP contribution in [0.25, 0.3) is 0 Å². The van der Waals surface area contributed by atoms with Crippen LogP contribution in [0.15, 0.2) is 47.6 Å². The number of methoxy groups -OCH3 is 2. The molecule has 1 saturated heterocycles. The molecule has 0 radical (unpaired) electrons. The van der Waals surface area contributed by atoms with Crippen molar-refractivity contribution in [3.05, 3.63) is 48.0 Å². The zero-order valence-electron chi connectivity index (χ0n) is 16.9. The highest BCUT2D eigenvalue weighted by Crippen LogP contribution is 2.28. The van der Waals surface area contributed by atoms with E-state index in [-0.39, 0.29) is 11.5 Å². The molecule has 30 heavy (non-hydrogen) atoms. The van der Waals surface area contributed by atoms with E-state index >= 15 is 0 Å². The van der Waals surface area contributed by atoms with E-state index in [1.54, 1.807) is 19.2 Å². The van der Waals surface area contributed by atoms with Gasteiger partial charge in [0.1, 0.15) is 5.75 Å². The molecule has 3 rings (SSSR count). The van der Waals surface area contributed by atoms with Crippen molar-refractivity contribution in [1.29, 1.82) is 0 Å². The maximum absolute atomic E-state index is 12.4. The van der Waals surface area contributed by atoms with Gasteiger partial charge in [0.25, 0.3) is 0 Å². The highest BCUT2D eigenvalue weighted by molar-refractivity contribution is 6.35. The smallest absolute Gasteiger partial charge is 0.329 e. The Bertz CT molecular complexity index is 939. The largest absolute Gasteiger partial charge is 0.504 e. The van der Waals surface area contributed by atoms with Crippen LogP contribution in [-0.2, 0) is 9.59 Å². The Morgan fingerprint density at radius 2 is 1.73 bits per heavy atom. The SMILES string of the molecule is COc1cc(/C=N/NC(=O)C(=O)N2CCN(c3ccccc3OC)CC2)ccc1O. The highest BCUT2D eigenvalue weighted by atomic mass is 16.5. The van der Waals surface area contributed by atoms with Gasteiger partial charge in [-0.2, -0.15) is 5.10 Å². The van der Waals surface area contributed by atoms with Gasteiger partial charge in [-0.1, -0.05) is 12.1 Å². The minimum atomic E-state index is -0.803. The quantitative estimate of drug-likeness (QED) is 0.435. The van der Waals surface area contributed by atoms with Gasteiger partial charge >= 0.3 is 11.8 Å². The lowest BCUT2D eigenvalue weighted by Crippen LogP contribution is -2.52. The topological polar surface area (TPSA) is 104 Å². The number of hydrogen-bond acceptors (Lipinski definition) is 7. The predicted molar refractivity (Wildman–Crippen MR) is 112 cm³/mol. The summed E-state index contributed by atoms with van der Waals surface area (Å²) in [6.45, 7) is 2.03. The molecule has 1 aliphatic heterocycles. The molecule has 158 valence electrons. The number of carbonyl (C=O) groups is 2. The summed E-state index contributed by atoms with van der Waals surface area (Å²) in [5, 5.41) is 13.4. The third-order valence-electron chi connectivity index (χ3n) is 4.77. The van der Waals surface area contributed by atoms with E-state index in [1.807, 2.05) is 24.3 Å². The van der Waals surface area contributed by atoms with Gasteiger partial charge in [0.2, 0.25) is 0 Å². The van der Waals surface area contributed by atoms with E-state index in [0.29, 0.717) is 31.7 Å². The molecule has 9 heteroatoms. The predicted octanol–water partition coefficient (Wildman–Crippen LogP) is 1.21. The number of phenols is 1. The number of benzene rings is 2. The number of piperazine rings is 1. The molecule has 0 spiro atoms. The summed E-state index contributed by atoms with van der Waals surface area (Å²) in [7, 11) is 3.06. The fourth-order valence-electron chi connectivity index (χ4n) is 3.17. The zero-order valence-corrected chi connectivity index (χ0v) is 16.9. The third kappa shape index (κ3) is 4.80. The molecule has 0 unspecified atom stereocenters. The second-order valence-electron chi connectivity index (χ2n) is 6.58. The Hall–Kier alpha value is -3.75. The van der Waals surface area contributed by atoms with Gasteiger partial charge in [-0.15, -0.1) is 0 Å². The number of rotatable bonds is 5. The number of amides is 2. The lowest BCUT2D eigenvalue weighted by Gasteiger charge is -2.36. The molecule has 0 aliphatic carbocycles. The average molecular weight is 412 g/mol. The number of hydrogen-bond donors (Lipinski definition) is 2. The minimum absolute atomic E-state index is 0.00104. The molecule has 9 nitrogen and oxygen atoms in total. The first kappa shape index (κ1) is 21.0. The van der Waals surface area contributed by atoms with Crippen LogP contribution >= 0.6 is 0 Å². The molecule has 1 fully saturated rings. The lowest BCUT2D eigenvalue weighted by molar-refractivity contribution is -0.146. The first-order valence-corrected chi connectivity index (χ1v) is 9.40. The molecule has 2 amide bonds. The van der Waals surface area contributed by atoms with Crippen molar-refractivity contribution in [2.75, 3.05) is 45.3 Å². The molecule has 0 atom stereocenters. The second-order valence-corrected chi connectivity index (χ2v) is 6.58. The van der Waals surface area contributed by atoms with Gasteiger partial charge in [-0.3, -0.25) is 9.59 Å². The minimum Gasteiger partial charge on any atom is -0.504 e. The van der Waals surface area contributed by atoms with Crippen LogP contribution < -0.4 is 19.8 Å². The van der Waals surface area contributed by atoms with Gasteiger partial charge < -0.3 is 24.4 Å². The van der Waals surface area contributed by atoms with Gasteiger partial charge in [-0.25, -0.2) is 5.43 Å². The van der Waals surface area contributed by atoms with E-state index in [4.69, 9.17) is 9.47 Å². The zero-order chi connectivity index (χ0) is 21.5. The monoisotopic (exact) mass is 412 g/mol. The number of aromatic hydroxyl groups is 1. The van der Waals surface area contributed by atoms with Crippen LogP contribution in [0, 0.1) is 0 Å². The molecular weight excluding hydrogens is 388 g/mol. The fraction of sp³-hybridized carbons (Fsp3) is 0.286. The Morgan fingerprint density at radius 1 is 1.03 bits per heavy atom. The van der Waals surface area contributed by atoms with Crippen molar-refractivity contribution in [2.24, 2.45) is 5.10 Å². The second kappa shape index (κ2) is 9.64. The molecule has 2 aromatic carbocycles. The van der Waals surface area contributed by atoms with Crippen molar-refractivity contribution >= 4 is 23.7 Å². The summed E-state index contributed by atoms with van der Waals surface area (Å²) in [6.07, 6.45) is 1.37. The highest BCUT2D eigenvalue weighted by Gasteiger charge is 2.26. The molecule has 0 saturated carbocycles. The maximum atomic E-state index is 12.4. The number of nitrogens with one attached hydrogen (secondary N) is 1. The molecule has 2 N–H and O–H groups in total. The van der Waals surface area contributed by atoms with Gasteiger partial charge in [0.15, 0.2) is 11.5 Å². The summed E-state index contributed by atoms with van der Waals surface area (Å²) in [4.78, 5) is 28.2. The van der Waals surface area contributed by atoms with Crippen molar-refractivity contribution in [2.45, 2.75) is 0 Å². The van der Waals surface area contributed by atoms with Crippen molar-refractivity contribution in [3.63, 3.8) is 0 Å². The van der Waals surface area contributed by atoms with Crippen LogP contribution in [-0.4, -0.2) is 68.4 Å². The lowest BCUT2D eigenvalue weighted by atomic mass is 10.2. The van der Waals surface area contributed by atoms with Gasteiger partial charge in [-0.05, 0) is 35.9 Å². The summed E-state index contributed by atoms with van der Waals surface area (Å²) in [6, 6.07) is 12.3. The number of nitrogens with zero attached hydrogens (tertiary/aromatic N) is 3. The average Bonchev–Trinajstić information content (AvgIpc) is 2.79. The molecule has 1 aliphatic rings. The van der Waals surface area contributed by atoms with Crippen LogP contribution in [0.3, 0.4) is 0 Å². The Labute approximate surface area is 174 Å². The van der Waals surface area contributed by atoms with Crippen molar-refractivity contribution < 1.29 is 24.2 Å². The van der Waals surface area contributed by atoms with Crippen LogP contribution in [0.5, 0.6) is 17.2 Å². The molecule has 0 bridgehead atoms. The van der Waals surface area contributed by atoms with E-state index in [1.165, 1.54) is 24.3 Å². The van der Waals surface area contributed by atoms with E-state index in [0.717, 1.165) is 11.4 Å². The van der Waals surface area contributed by atoms with Crippen molar-refractivity contribution in [1.82, 2.24) is 10.3 Å². The number of ether oxygens (including phenoxy) is 2. The first-order chi connectivity index (χ1) is 14.5. The number of anilines is 1. The summed E-state index contributed by atoms with van der Waals surface area (Å²) in [5.74, 6) is -0.372. The number of para-hydroxylation sites is 2.